The molecule has 5 atom stereocenters. The maximum Gasteiger partial charge on any atom is 0.254 e. The van der Waals surface area contributed by atoms with Gasteiger partial charge in [-0.1, -0.05) is 109 Å². The first-order valence-electron chi connectivity index (χ1n) is 17.1. The Hall–Kier alpha value is -3.90. The number of amides is 5. The molecule has 5 N–H and O–H groups in total. The van der Waals surface area contributed by atoms with Gasteiger partial charge in [0.25, 0.3) is 5.91 Å². The number of nitrogens with zero attached hydrogens (tertiary/aromatic N) is 1. The summed E-state index contributed by atoms with van der Waals surface area (Å²) in [4.78, 5) is 69.3. The average molecular weight is 710 g/mol. The highest BCUT2D eigenvalue weighted by Crippen LogP contribution is 2.40. The van der Waals surface area contributed by atoms with Crippen molar-refractivity contribution in [3.63, 3.8) is 0 Å². The second-order valence-electron chi connectivity index (χ2n) is 15.7. The quantitative estimate of drug-likeness (QED) is 0.212. The second-order valence-corrected chi connectivity index (χ2v) is 17.3. The van der Waals surface area contributed by atoms with Crippen LogP contribution in [0.4, 0.5) is 0 Å². The van der Waals surface area contributed by atoms with Crippen molar-refractivity contribution in [2.45, 2.75) is 110 Å². The van der Waals surface area contributed by atoms with Gasteiger partial charge < -0.3 is 31.3 Å². The molecule has 11 nitrogen and oxygen atoms in total. The standard InChI is InChI=1S/C38H55N5O6S/c1-10-27(44)41-28(25-19-15-12-16-20-25)32(46)42-30(37(5,6)7)33(47)40-26(21-24-17-13-11-14-18-24)29(45)35(49)43-23-50-38(8,9)31(43)34(48)39-22-36(2,3)4/h11-20,26,28-31,45H,10,21-23H2,1-9H3,(H,39,48)(H,40,47)(H,41,44)(H,42,46)/t26-,28-,29-,30+,31+/m0/s1. The number of carbonyl (C=O) groups excluding carboxylic acids is 5. The molecule has 0 bridgehead atoms. The number of carbonyl (C=O) groups is 5. The highest BCUT2D eigenvalue weighted by molar-refractivity contribution is 8.00. The Bertz CT molecular complexity index is 1490. The van der Waals surface area contributed by atoms with Gasteiger partial charge in [-0.3, -0.25) is 24.0 Å². The zero-order chi connectivity index (χ0) is 37.4. The molecule has 0 saturated carbocycles. The highest BCUT2D eigenvalue weighted by Gasteiger charge is 2.50. The predicted octanol–water partition coefficient (Wildman–Crippen LogP) is 3.72. The van der Waals surface area contributed by atoms with Gasteiger partial charge in [-0.05, 0) is 42.2 Å². The lowest BCUT2D eigenvalue weighted by Gasteiger charge is -2.36. The molecule has 2 aromatic rings. The lowest BCUT2D eigenvalue weighted by Crippen LogP contribution is -2.62. The monoisotopic (exact) mass is 709 g/mol. The van der Waals surface area contributed by atoms with Crippen molar-refractivity contribution in [3.05, 3.63) is 71.8 Å². The van der Waals surface area contributed by atoms with Crippen LogP contribution in [0.3, 0.4) is 0 Å². The summed E-state index contributed by atoms with van der Waals surface area (Å²) in [5, 5.41) is 23.2. The zero-order valence-electron chi connectivity index (χ0n) is 30.8. The van der Waals surface area contributed by atoms with Gasteiger partial charge >= 0.3 is 0 Å². The topological polar surface area (TPSA) is 157 Å². The van der Waals surface area contributed by atoms with Crippen LogP contribution in [-0.2, 0) is 30.4 Å². The van der Waals surface area contributed by atoms with E-state index < -0.39 is 58.2 Å². The number of benzene rings is 2. The van der Waals surface area contributed by atoms with Gasteiger partial charge in [-0.2, -0.15) is 0 Å². The van der Waals surface area contributed by atoms with Crippen molar-refractivity contribution in [3.8, 4) is 0 Å². The lowest BCUT2D eigenvalue weighted by molar-refractivity contribution is -0.148. The highest BCUT2D eigenvalue weighted by atomic mass is 32.2. The van der Waals surface area contributed by atoms with Crippen LogP contribution in [0, 0.1) is 10.8 Å². The van der Waals surface area contributed by atoms with E-state index in [0.29, 0.717) is 12.1 Å². The zero-order valence-corrected chi connectivity index (χ0v) is 31.6. The third-order valence-electron chi connectivity index (χ3n) is 8.57. The fourth-order valence-corrected chi connectivity index (χ4v) is 6.83. The van der Waals surface area contributed by atoms with Crippen molar-refractivity contribution in [2.75, 3.05) is 12.4 Å². The summed E-state index contributed by atoms with van der Waals surface area (Å²) >= 11 is 1.44. The Morgan fingerprint density at radius 1 is 0.880 bits per heavy atom. The molecule has 50 heavy (non-hydrogen) atoms. The number of nitrogens with one attached hydrogen (secondary N) is 4. The van der Waals surface area contributed by atoms with Crippen molar-refractivity contribution < 1.29 is 29.1 Å². The number of aliphatic hydroxyl groups excluding tert-OH is 1. The van der Waals surface area contributed by atoms with Crippen LogP contribution in [0.25, 0.3) is 0 Å². The minimum absolute atomic E-state index is 0.106. The minimum Gasteiger partial charge on any atom is -0.381 e. The van der Waals surface area contributed by atoms with E-state index in [-0.39, 0.29) is 35.9 Å². The first-order valence-corrected chi connectivity index (χ1v) is 18.1. The summed E-state index contributed by atoms with van der Waals surface area (Å²) in [7, 11) is 0. The first-order chi connectivity index (χ1) is 23.2. The normalized spacial score (nSPS) is 18.3. The molecule has 12 heteroatoms. The molecule has 0 radical (unpaired) electrons. The lowest BCUT2D eigenvalue weighted by atomic mass is 9.85. The summed E-state index contributed by atoms with van der Waals surface area (Å²) in [6, 6.07) is 13.8. The molecule has 0 aromatic heterocycles. The third kappa shape index (κ3) is 11.1. The van der Waals surface area contributed by atoms with Crippen LogP contribution in [0.1, 0.15) is 85.9 Å². The van der Waals surface area contributed by atoms with E-state index in [2.05, 4.69) is 21.3 Å². The van der Waals surface area contributed by atoms with Gasteiger partial charge in [0.1, 0.15) is 18.1 Å². The third-order valence-corrected chi connectivity index (χ3v) is 9.94. The van der Waals surface area contributed by atoms with Gasteiger partial charge in [0, 0.05) is 17.7 Å². The van der Waals surface area contributed by atoms with Gasteiger partial charge in [-0.15, -0.1) is 11.8 Å². The Kier molecular flexibility index (Phi) is 13.7. The molecule has 1 saturated heterocycles. The first kappa shape index (κ1) is 40.5. The van der Waals surface area contributed by atoms with Gasteiger partial charge in [0.2, 0.25) is 23.6 Å². The molecule has 3 rings (SSSR count). The van der Waals surface area contributed by atoms with Crippen LogP contribution in [0.2, 0.25) is 0 Å². The molecule has 2 aromatic carbocycles. The van der Waals surface area contributed by atoms with Crippen LogP contribution in [-0.4, -0.2) is 80.9 Å². The molecule has 0 spiro atoms. The van der Waals surface area contributed by atoms with E-state index in [4.69, 9.17) is 0 Å². The summed E-state index contributed by atoms with van der Waals surface area (Å²) in [6.45, 7) is 17.3. The maximum absolute atomic E-state index is 14.1. The van der Waals surface area contributed by atoms with E-state index in [9.17, 15) is 29.1 Å². The number of hydrogen-bond donors (Lipinski definition) is 5. The molecule has 1 aliphatic heterocycles. The number of thioether (sulfide) groups is 1. The van der Waals surface area contributed by atoms with Crippen molar-refractivity contribution in [2.24, 2.45) is 10.8 Å². The van der Waals surface area contributed by atoms with E-state index in [1.165, 1.54) is 16.7 Å². The number of aliphatic hydroxyl groups is 1. The van der Waals surface area contributed by atoms with Crippen LogP contribution < -0.4 is 21.3 Å². The largest absolute Gasteiger partial charge is 0.381 e. The molecular formula is C38H55N5O6S. The smallest absolute Gasteiger partial charge is 0.254 e. The SMILES string of the molecule is CCC(=O)N[C@H](C(=O)N[C@H](C(=O)N[C@@H](Cc1ccccc1)[C@H](O)C(=O)N1CSC(C)(C)[C@H]1C(=O)NCC(C)(C)C)C(C)(C)C)c1ccccc1. The van der Waals surface area contributed by atoms with Crippen LogP contribution in [0.15, 0.2) is 60.7 Å². The predicted molar refractivity (Wildman–Crippen MR) is 197 cm³/mol. The summed E-state index contributed by atoms with van der Waals surface area (Å²) in [5.41, 5.74) is 0.332. The van der Waals surface area contributed by atoms with Crippen LogP contribution >= 0.6 is 11.8 Å². The van der Waals surface area contributed by atoms with E-state index in [1.807, 2.05) is 65.0 Å². The molecule has 1 aliphatic rings. The second kappa shape index (κ2) is 16.9. The van der Waals surface area contributed by atoms with Crippen molar-refractivity contribution >= 4 is 41.3 Å². The molecule has 5 amide bonds. The van der Waals surface area contributed by atoms with Gasteiger partial charge in [0.05, 0.1) is 11.9 Å². The fourth-order valence-electron chi connectivity index (χ4n) is 5.69. The van der Waals surface area contributed by atoms with Gasteiger partial charge in [0.15, 0.2) is 6.10 Å². The average Bonchev–Trinajstić information content (AvgIpc) is 3.38. The Morgan fingerprint density at radius 2 is 1.46 bits per heavy atom. The van der Waals surface area contributed by atoms with E-state index in [1.54, 1.807) is 58.0 Å². The number of hydrogen-bond acceptors (Lipinski definition) is 7. The number of rotatable bonds is 13. The molecular weight excluding hydrogens is 655 g/mol. The Balaban J connectivity index is 1.92. The summed E-state index contributed by atoms with van der Waals surface area (Å²) in [6.07, 6.45) is -1.43. The molecule has 1 heterocycles. The Morgan fingerprint density at radius 3 is 2.00 bits per heavy atom. The Labute approximate surface area is 301 Å². The molecule has 1 fully saturated rings. The van der Waals surface area contributed by atoms with E-state index >= 15 is 0 Å². The summed E-state index contributed by atoms with van der Waals surface area (Å²) < 4.78 is -0.625. The minimum atomic E-state index is -1.70. The molecule has 274 valence electrons. The molecule has 0 unspecified atom stereocenters. The molecule has 0 aliphatic carbocycles. The van der Waals surface area contributed by atoms with Gasteiger partial charge in [-0.25, -0.2) is 0 Å². The fraction of sp³-hybridized carbons (Fsp3) is 0.553. The van der Waals surface area contributed by atoms with E-state index in [0.717, 1.165) is 5.56 Å². The van der Waals surface area contributed by atoms with Crippen molar-refractivity contribution in [1.29, 1.82) is 0 Å². The van der Waals surface area contributed by atoms with Crippen LogP contribution in [0.5, 0.6) is 0 Å². The maximum atomic E-state index is 14.1. The van der Waals surface area contributed by atoms with Crippen molar-refractivity contribution in [1.82, 2.24) is 26.2 Å². The summed E-state index contributed by atoms with van der Waals surface area (Å²) in [5.74, 6) is -2.31.